The van der Waals surface area contributed by atoms with E-state index in [0.717, 1.165) is 12.2 Å². The summed E-state index contributed by atoms with van der Waals surface area (Å²) in [5, 5.41) is 19.6. The first kappa shape index (κ1) is 16.0. The van der Waals surface area contributed by atoms with Crippen LogP contribution in [0.5, 0.6) is 0 Å². The zero-order chi connectivity index (χ0) is 16.1. The predicted octanol–water partition coefficient (Wildman–Crippen LogP) is 1.62. The van der Waals surface area contributed by atoms with E-state index < -0.39 is 5.97 Å². The lowest BCUT2D eigenvalue weighted by Crippen LogP contribution is -2.26. The van der Waals surface area contributed by atoms with Crippen LogP contribution in [-0.4, -0.2) is 38.5 Å². The Morgan fingerprint density at radius 1 is 1.41 bits per heavy atom. The van der Waals surface area contributed by atoms with Gasteiger partial charge in [-0.25, -0.2) is 4.79 Å². The number of carboxylic acid groups (broad SMARTS) is 1. The zero-order valence-corrected chi connectivity index (χ0v) is 12.7. The van der Waals surface area contributed by atoms with Gasteiger partial charge in [0.05, 0.1) is 21.8 Å². The highest BCUT2D eigenvalue weighted by Crippen LogP contribution is 2.18. The van der Waals surface area contributed by atoms with Gasteiger partial charge in [0.15, 0.2) is 0 Å². The molecule has 8 heteroatoms. The van der Waals surface area contributed by atoms with E-state index in [2.05, 4.69) is 15.6 Å². The molecule has 7 nitrogen and oxygen atoms in total. The van der Waals surface area contributed by atoms with Gasteiger partial charge in [-0.3, -0.25) is 9.48 Å². The van der Waals surface area contributed by atoms with E-state index in [9.17, 15) is 9.59 Å². The molecule has 0 saturated carbocycles. The van der Waals surface area contributed by atoms with Crippen molar-refractivity contribution in [2.24, 2.45) is 0 Å². The van der Waals surface area contributed by atoms with Crippen molar-refractivity contribution >= 4 is 23.5 Å². The number of aromatic nitrogens is 3. The van der Waals surface area contributed by atoms with Crippen LogP contribution >= 0.6 is 11.6 Å². The average molecular weight is 323 g/mol. The molecule has 0 aliphatic heterocycles. The fourth-order valence-corrected chi connectivity index (χ4v) is 2.11. The number of aryl methyl sites for hydroxylation is 1. The Kier molecular flexibility index (Phi) is 5.11. The van der Waals surface area contributed by atoms with Gasteiger partial charge in [0.25, 0.3) is 5.91 Å². The Hall–Kier alpha value is -2.41. The zero-order valence-electron chi connectivity index (χ0n) is 11.9. The summed E-state index contributed by atoms with van der Waals surface area (Å²) >= 11 is 5.94. The van der Waals surface area contributed by atoms with Crippen LogP contribution in [-0.2, 0) is 13.0 Å². The highest BCUT2D eigenvalue weighted by molar-refractivity contribution is 6.34. The van der Waals surface area contributed by atoms with Crippen LogP contribution < -0.4 is 5.32 Å². The molecule has 0 aliphatic carbocycles. The number of carboxylic acids is 1. The van der Waals surface area contributed by atoms with Gasteiger partial charge in [-0.2, -0.15) is 0 Å². The first-order valence-corrected chi connectivity index (χ1v) is 7.09. The van der Waals surface area contributed by atoms with E-state index in [1.54, 1.807) is 4.68 Å². The van der Waals surface area contributed by atoms with Gasteiger partial charge in [-0.05, 0) is 25.1 Å². The van der Waals surface area contributed by atoms with Crippen LogP contribution in [0.3, 0.4) is 0 Å². The van der Waals surface area contributed by atoms with Crippen molar-refractivity contribution in [1.82, 2.24) is 20.3 Å². The Bertz CT molecular complexity index is 699. The molecule has 0 bridgehead atoms. The maximum atomic E-state index is 12.0. The molecular weight excluding hydrogens is 308 g/mol. The number of aromatic carboxylic acids is 1. The quantitative estimate of drug-likeness (QED) is 0.842. The molecule has 116 valence electrons. The lowest BCUT2D eigenvalue weighted by molar-refractivity contribution is 0.0696. The second kappa shape index (κ2) is 7.04. The molecule has 0 aliphatic rings. The molecule has 2 N–H and O–H groups in total. The highest BCUT2D eigenvalue weighted by Gasteiger charge is 2.13. The average Bonchev–Trinajstić information content (AvgIpc) is 2.94. The minimum Gasteiger partial charge on any atom is -0.478 e. The molecule has 1 heterocycles. The summed E-state index contributed by atoms with van der Waals surface area (Å²) in [4.78, 5) is 22.8. The fraction of sp³-hybridized carbons (Fsp3) is 0.286. The number of nitrogens with zero attached hydrogens (tertiary/aromatic N) is 3. The van der Waals surface area contributed by atoms with Crippen LogP contribution in [0.1, 0.15) is 33.3 Å². The normalized spacial score (nSPS) is 10.5. The van der Waals surface area contributed by atoms with Crippen LogP contribution in [0.2, 0.25) is 5.02 Å². The summed E-state index contributed by atoms with van der Waals surface area (Å²) in [6.45, 7) is 3.09. The van der Waals surface area contributed by atoms with Crippen LogP contribution in [0, 0.1) is 0 Å². The molecule has 22 heavy (non-hydrogen) atoms. The number of amides is 1. The molecular formula is C14H15ClN4O3. The van der Waals surface area contributed by atoms with Gasteiger partial charge in [-0.15, -0.1) is 5.10 Å². The molecule has 1 amide bonds. The predicted molar refractivity (Wildman–Crippen MR) is 80.1 cm³/mol. The SMILES string of the molecule is CCn1cc(CCNC(=O)c2ccc(C(=O)O)cc2Cl)nn1. The third-order valence-corrected chi connectivity index (χ3v) is 3.35. The molecule has 0 unspecified atom stereocenters. The molecule has 0 radical (unpaired) electrons. The number of rotatable bonds is 6. The van der Waals surface area contributed by atoms with E-state index >= 15 is 0 Å². The van der Waals surface area contributed by atoms with E-state index in [1.807, 2.05) is 13.1 Å². The number of hydrogen-bond acceptors (Lipinski definition) is 4. The number of carbonyl (C=O) groups is 2. The van der Waals surface area contributed by atoms with E-state index in [-0.39, 0.29) is 22.1 Å². The third-order valence-electron chi connectivity index (χ3n) is 3.04. The second-order valence-electron chi connectivity index (χ2n) is 4.57. The van der Waals surface area contributed by atoms with Gasteiger partial charge in [0.1, 0.15) is 0 Å². The standard InChI is InChI=1S/C14H15ClN4O3/c1-2-19-8-10(17-18-19)5-6-16-13(20)11-4-3-9(14(21)22)7-12(11)15/h3-4,7-8H,2,5-6H2,1H3,(H,16,20)(H,21,22). The molecule has 1 aromatic heterocycles. The van der Waals surface area contributed by atoms with Crippen molar-refractivity contribution in [3.63, 3.8) is 0 Å². The van der Waals surface area contributed by atoms with Crippen LogP contribution in [0.4, 0.5) is 0 Å². The van der Waals surface area contributed by atoms with Gasteiger partial charge >= 0.3 is 5.97 Å². The van der Waals surface area contributed by atoms with Crippen molar-refractivity contribution in [3.05, 3.63) is 46.2 Å². The Morgan fingerprint density at radius 3 is 2.77 bits per heavy atom. The number of halogens is 1. The van der Waals surface area contributed by atoms with Gasteiger partial charge in [0.2, 0.25) is 0 Å². The molecule has 0 fully saturated rings. The van der Waals surface area contributed by atoms with Gasteiger partial charge < -0.3 is 10.4 Å². The smallest absolute Gasteiger partial charge is 0.335 e. The summed E-state index contributed by atoms with van der Waals surface area (Å²) in [5.74, 6) is -1.45. The van der Waals surface area contributed by atoms with Crippen molar-refractivity contribution in [1.29, 1.82) is 0 Å². The Labute approximate surface area is 131 Å². The summed E-state index contributed by atoms with van der Waals surface area (Å²) < 4.78 is 1.71. The first-order chi connectivity index (χ1) is 10.5. The number of hydrogen-bond donors (Lipinski definition) is 2. The van der Waals surface area contributed by atoms with Crippen molar-refractivity contribution in [2.75, 3.05) is 6.54 Å². The minimum atomic E-state index is -1.09. The maximum Gasteiger partial charge on any atom is 0.335 e. The van der Waals surface area contributed by atoms with Crippen molar-refractivity contribution in [3.8, 4) is 0 Å². The Morgan fingerprint density at radius 2 is 2.18 bits per heavy atom. The summed E-state index contributed by atoms with van der Waals surface area (Å²) in [6, 6.07) is 4.00. The molecule has 0 saturated heterocycles. The monoisotopic (exact) mass is 322 g/mol. The molecule has 2 rings (SSSR count). The van der Waals surface area contributed by atoms with Crippen molar-refractivity contribution in [2.45, 2.75) is 19.9 Å². The topological polar surface area (TPSA) is 97.1 Å². The number of nitrogens with one attached hydrogen (secondary N) is 1. The Balaban J connectivity index is 1.93. The first-order valence-electron chi connectivity index (χ1n) is 6.71. The largest absolute Gasteiger partial charge is 0.478 e. The van der Waals surface area contributed by atoms with Crippen molar-refractivity contribution < 1.29 is 14.7 Å². The fourth-order valence-electron chi connectivity index (χ4n) is 1.84. The number of carbonyl (C=O) groups excluding carboxylic acids is 1. The summed E-state index contributed by atoms with van der Waals surface area (Å²) in [5.41, 5.74) is 1.07. The lowest BCUT2D eigenvalue weighted by Gasteiger charge is -2.06. The van der Waals surface area contributed by atoms with E-state index in [4.69, 9.17) is 16.7 Å². The minimum absolute atomic E-state index is 0.0396. The lowest BCUT2D eigenvalue weighted by atomic mass is 10.1. The third kappa shape index (κ3) is 3.82. The molecule has 0 spiro atoms. The summed E-state index contributed by atoms with van der Waals surface area (Å²) in [7, 11) is 0. The van der Waals surface area contributed by atoms with E-state index in [1.165, 1.54) is 18.2 Å². The highest BCUT2D eigenvalue weighted by atomic mass is 35.5. The van der Waals surface area contributed by atoms with Gasteiger partial charge in [-0.1, -0.05) is 16.8 Å². The summed E-state index contributed by atoms with van der Waals surface area (Å²) in [6.07, 6.45) is 2.37. The molecule has 2 aromatic rings. The van der Waals surface area contributed by atoms with E-state index in [0.29, 0.717) is 13.0 Å². The maximum absolute atomic E-state index is 12.0. The van der Waals surface area contributed by atoms with Crippen LogP contribution in [0.25, 0.3) is 0 Å². The molecule has 0 atom stereocenters. The van der Waals surface area contributed by atoms with Gasteiger partial charge in [0, 0.05) is 25.7 Å². The molecule has 1 aromatic carbocycles. The van der Waals surface area contributed by atoms with Crippen LogP contribution in [0.15, 0.2) is 24.4 Å². The number of benzene rings is 1. The second-order valence-corrected chi connectivity index (χ2v) is 4.98.